The third-order valence-corrected chi connectivity index (χ3v) is 3.12. The van der Waals surface area contributed by atoms with E-state index < -0.39 is 30.2 Å². The second-order valence-electron chi connectivity index (χ2n) is 4.43. The van der Waals surface area contributed by atoms with Crippen LogP contribution in [-0.4, -0.2) is 44.6 Å². The van der Waals surface area contributed by atoms with Gasteiger partial charge < -0.3 is 20.7 Å². The fraction of sp³-hybridized carbons (Fsp3) is 0.600. The van der Waals surface area contributed by atoms with E-state index in [1.807, 2.05) is 0 Å². The third kappa shape index (κ3) is 2.45. The second kappa shape index (κ2) is 5.47. The molecule has 4 N–H and O–H groups in total. The SMILES string of the molecule is Cc1nc(=O)n([C@@H]2OC(CN=[N+]=[N-])[C@@H](O)[C@H]2O)cc1N. The van der Waals surface area contributed by atoms with Gasteiger partial charge in [-0.3, -0.25) is 4.57 Å². The maximum absolute atomic E-state index is 11.8. The molecule has 1 saturated heterocycles. The van der Waals surface area contributed by atoms with Crippen molar-refractivity contribution in [1.82, 2.24) is 9.55 Å². The van der Waals surface area contributed by atoms with Crippen LogP contribution in [0.15, 0.2) is 16.1 Å². The number of aliphatic hydroxyl groups is 2. The van der Waals surface area contributed by atoms with Crippen molar-refractivity contribution < 1.29 is 14.9 Å². The number of aromatic nitrogens is 2. The van der Waals surface area contributed by atoms with Crippen molar-refractivity contribution in [3.63, 3.8) is 0 Å². The van der Waals surface area contributed by atoms with Gasteiger partial charge in [0.15, 0.2) is 6.23 Å². The molecule has 0 aromatic carbocycles. The first-order valence-corrected chi connectivity index (χ1v) is 5.83. The van der Waals surface area contributed by atoms with E-state index in [1.165, 1.54) is 6.20 Å². The van der Waals surface area contributed by atoms with Crippen LogP contribution in [0.1, 0.15) is 11.9 Å². The number of rotatable bonds is 3. The fourth-order valence-corrected chi connectivity index (χ4v) is 1.97. The van der Waals surface area contributed by atoms with Gasteiger partial charge in [-0.2, -0.15) is 4.98 Å². The Kier molecular flexibility index (Phi) is 3.91. The maximum Gasteiger partial charge on any atom is 0.350 e. The summed E-state index contributed by atoms with van der Waals surface area (Å²) >= 11 is 0. The Morgan fingerprint density at radius 1 is 1.60 bits per heavy atom. The van der Waals surface area contributed by atoms with Gasteiger partial charge in [0.2, 0.25) is 0 Å². The van der Waals surface area contributed by atoms with Crippen molar-refractivity contribution in [3.05, 3.63) is 32.8 Å². The zero-order valence-corrected chi connectivity index (χ0v) is 10.6. The molecular formula is C10H14N6O4. The number of hydrogen-bond donors (Lipinski definition) is 3. The molecule has 1 aliphatic heterocycles. The molecule has 0 aliphatic carbocycles. The van der Waals surface area contributed by atoms with Crippen molar-refractivity contribution in [2.45, 2.75) is 31.5 Å². The lowest BCUT2D eigenvalue weighted by Crippen LogP contribution is -2.36. The first-order chi connectivity index (χ1) is 9.45. The van der Waals surface area contributed by atoms with Crippen LogP contribution >= 0.6 is 0 Å². The molecule has 0 spiro atoms. The highest BCUT2D eigenvalue weighted by atomic mass is 16.6. The highest BCUT2D eigenvalue weighted by Gasteiger charge is 2.43. The Morgan fingerprint density at radius 3 is 2.95 bits per heavy atom. The van der Waals surface area contributed by atoms with Crippen LogP contribution in [0, 0.1) is 6.92 Å². The van der Waals surface area contributed by atoms with Gasteiger partial charge in [0.05, 0.1) is 24.0 Å². The minimum absolute atomic E-state index is 0.158. The number of nitrogens with zero attached hydrogens (tertiary/aromatic N) is 5. The van der Waals surface area contributed by atoms with Crippen LogP contribution in [0.3, 0.4) is 0 Å². The van der Waals surface area contributed by atoms with E-state index in [1.54, 1.807) is 6.92 Å². The number of anilines is 1. The van der Waals surface area contributed by atoms with E-state index in [9.17, 15) is 15.0 Å². The number of azide groups is 1. The smallest absolute Gasteiger partial charge is 0.350 e. The summed E-state index contributed by atoms with van der Waals surface area (Å²) in [5.74, 6) is 0. The van der Waals surface area contributed by atoms with Crippen molar-refractivity contribution in [2.24, 2.45) is 5.11 Å². The van der Waals surface area contributed by atoms with E-state index in [0.29, 0.717) is 5.69 Å². The van der Waals surface area contributed by atoms with Crippen molar-refractivity contribution in [1.29, 1.82) is 0 Å². The van der Waals surface area contributed by atoms with Gasteiger partial charge in [-0.25, -0.2) is 4.79 Å². The molecule has 0 radical (unpaired) electrons. The monoisotopic (exact) mass is 282 g/mol. The predicted molar refractivity (Wildman–Crippen MR) is 67.6 cm³/mol. The van der Waals surface area contributed by atoms with Gasteiger partial charge in [0.25, 0.3) is 0 Å². The van der Waals surface area contributed by atoms with Gasteiger partial charge in [-0.15, -0.1) is 0 Å². The first kappa shape index (κ1) is 14.3. The first-order valence-electron chi connectivity index (χ1n) is 5.83. The van der Waals surface area contributed by atoms with Crippen LogP contribution in [0.4, 0.5) is 5.69 Å². The number of aliphatic hydroxyl groups excluding tert-OH is 2. The molecule has 0 amide bonds. The lowest BCUT2D eigenvalue weighted by atomic mass is 10.1. The Hall–Kier alpha value is -2.13. The predicted octanol–water partition coefficient (Wildman–Crippen LogP) is -0.937. The topological polar surface area (TPSA) is 159 Å². The highest BCUT2D eigenvalue weighted by molar-refractivity contribution is 5.38. The lowest BCUT2D eigenvalue weighted by molar-refractivity contribution is -0.0370. The molecule has 10 nitrogen and oxygen atoms in total. The Labute approximate surface area is 113 Å². The highest BCUT2D eigenvalue weighted by Crippen LogP contribution is 2.29. The number of nitrogens with two attached hydrogens (primary N) is 1. The number of aryl methyl sites for hydroxylation is 1. The summed E-state index contributed by atoms with van der Waals surface area (Å²) in [5, 5.41) is 23.0. The largest absolute Gasteiger partial charge is 0.396 e. The van der Waals surface area contributed by atoms with Gasteiger partial charge in [-0.05, 0) is 12.5 Å². The van der Waals surface area contributed by atoms with E-state index in [2.05, 4.69) is 15.0 Å². The van der Waals surface area contributed by atoms with Crippen molar-refractivity contribution >= 4 is 5.69 Å². The molecule has 1 aromatic rings. The summed E-state index contributed by atoms with van der Waals surface area (Å²) in [7, 11) is 0. The van der Waals surface area contributed by atoms with Gasteiger partial charge >= 0.3 is 5.69 Å². The average molecular weight is 282 g/mol. The number of nitrogen functional groups attached to an aromatic ring is 1. The molecule has 4 atom stereocenters. The van der Waals surface area contributed by atoms with Gasteiger partial charge in [0, 0.05) is 11.1 Å². The second-order valence-corrected chi connectivity index (χ2v) is 4.43. The normalized spacial score (nSPS) is 29.1. The quantitative estimate of drug-likeness (QED) is 0.368. The Bertz CT molecular complexity index is 610. The molecule has 10 heteroatoms. The molecule has 1 aliphatic rings. The minimum atomic E-state index is -1.35. The summed E-state index contributed by atoms with van der Waals surface area (Å²) < 4.78 is 6.36. The molecule has 1 fully saturated rings. The summed E-state index contributed by atoms with van der Waals surface area (Å²) in [6.45, 7) is 1.42. The Balaban J connectivity index is 2.32. The number of hydrogen-bond acceptors (Lipinski definition) is 7. The lowest BCUT2D eigenvalue weighted by Gasteiger charge is -2.17. The standard InChI is InChI=1S/C10H14N6O4/c1-4-5(11)3-16(10(19)14-4)9-8(18)7(17)6(20-9)2-13-15-12/h3,6-9,17-18H,2,11H2,1H3/t6?,7-,8-,9-/m1/s1. The molecule has 1 aromatic heterocycles. The zero-order chi connectivity index (χ0) is 14.9. The van der Waals surface area contributed by atoms with Crippen LogP contribution < -0.4 is 11.4 Å². The minimum Gasteiger partial charge on any atom is -0.396 e. The molecule has 2 rings (SSSR count). The van der Waals surface area contributed by atoms with E-state index in [0.717, 1.165) is 4.57 Å². The van der Waals surface area contributed by atoms with Crippen LogP contribution in [0.25, 0.3) is 10.4 Å². The van der Waals surface area contributed by atoms with Crippen LogP contribution in [-0.2, 0) is 4.74 Å². The molecule has 108 valence electrons. The average Bonchev–Trinajstić information content (AvgIpc) is 2.68. The molecule has 0 saturated carbocycles. The van der Waals surface area contributed by atoms with Crippen molar-refractivity contribution in [3.8, 4) is 0 Å². The summed E-state index contributed by atoms with van der Waals surface area (Å²) in [5.41, 5.74) is 13.9. The van der Waals surface area contributed by atoms with Crippen LogP contribution in [0.5, 0.6) is 0 Å². The number of ether oxygens (including phenoxy) is 1. The maximum atomic E-state index is 11.8. The van der Waals surface area contributed by atoms with E-state index in [4.69, 9.17) is 16.0 Å². The molecule has 0 bridgehead atoms. The van der Waals surface area contributed by atoms with Gasteiger partial charge in [-0.1, -0.05) is 5.11 Å². The summed E-state index contributed by atoms with van der Waals surface area (Å²) in [4.78, 5) is 18.0. The zero-order valence-electron chi connectivity index (χ0n) is 10.6. The third-order valence-electron chi connectivity index (χ3n) is 3.12. The molecular weight excluding hydrogens is 268 g/mol. The summed E-state index contributed by atoms with van der Waals surface area (Å²) in [6.07, 6.45) is -3.37. The van der Waals surface area contributed by atoms with Crippen LogP contribution in [0.2, 0.25) is 0 Å². The van der Waals surface area contributed by atoms with E-state index in [-0.39, 0.29) is 12.2 Å². The Morgan fingerprint density at radius 2 is 2.30 bits per heavy atom. The van der Waals surface area contributed by atoms with Crippen molar-refractivity contribution in [2.75, 3.05) is 12.3 Å². The fourth-order valence-electron chi connectivity index (χ4n) is 1.97. The van der Waals surface area contributed by atoms with E-state index >= 15 is 0 Å². The molecule has 20 heavy (non-hydrogen) atoms. The molecule has 2 heterocycles. The van der Waals surface area contributed by atoms with Gasteiger partial charge in [0.1, 0.15) is 12.2 Å². The molecule has 1 unspecified atom stereocenters. The summed E-state index contributed by atoms with van der Waals surface area (Å²) in [6, 6.07) is 0.